The fourth-order valence-corrected chi connectivity index (χ4v) is 7.66. The highest BCUT2D eigenvalue weighted by molar-refractivity contribution is 8.16. The number of piperidine rings is 2. The molecule has 3 saturated heterocycles. The number of imide groups is 1. The van der Waals surface area contributed by atoms with Crippen molar-refractivity contribution in [1.29, 1.82) is 0 Å². The smallest absolute Gasteiger partial charge is 0.289 e. The lowest BCUT2D eigenvalue weighted by Gasteiger charge is -2.44. The van der Waals surface area contributed by atoms with Gasteiger partial charge in [-0.3, -0.25) is 24.2 Å². The van der Waals surface area contributed by atoms with Gasteiger partial charge in [0.25, 0.3) is 11.1 Å². The Hall–Kier alpha value is -2.10. The third-order valence-corrected chi connectivity index (χ3v) is 9.34. The number of thiophene rings is 1. The second-order valence-corrected chi connectivity index (χ2v) is 11.3. The Morgan fingerprint density at radius 1 is 1.19 bits per heavy atom. The van der Waals surface area contributed by atoms with Crippen LogP contribution in [-0.4, -0.2) is 75.3 Å². The van der Waals surface area contributed by atoms with Crippen LogP contribution in [0.25, 0.3) is 10.1 Å². The van der Waals surface area contributed by atoms with E-state index < -0.39 is 4.75 Å². The maximum atomic E-state index is 13.3. The molecule has 3 amide bonds. The van der Waals surface area contributed by atoms with Crippen molar-refractivity contribution in [3.05, 3.63) is 29.8 Å². The zero-order valence-electron chi connectivity index (χ0n) is 18.2. The number of likely N-dealkylation sites (tertiary alicyclic amines) is 2. The molecule has 2 N–H and O–H groups in total. The fraction of sp³-hybridized carbons (Fsp3) is 0.522. The minimum Gasteiger partial charge on any atom is -0.390 e. The molecule has 0 radical (unpaired) electrons. The van der Waals surface area contributed by atoms with Crippen molar-refractivity contribution in [3.63, 3.8) is 0 Å². The van der Waals surface area contributed by atoms with Gasteiger partial charge in [-0.2, -0.15) is 0 Å². The maximum absolute atomic E-state index is 13.3. The first-order chi connectivity index (χ1) is 15.4. The zero-order valence-corrected chi connectivity index (χ0v) is 19.8. The summed E-state index contributed by atoms with van der Waals surface area (Å²) in [6.45, 7) is 5.21. The number of fused-ring (bicyclic) bond motifs is 1. The first-order valence-electron chi connectivity index (χ1n) is 11.3. The number of nitrogens with two attached hydrogens (primary N) is 1. The summed E-state index contributed by atoms with van der Waals surface area (Å²) in [5.74, 6) is -0.00801. The lowest BCUT2D eigenvalue weighted by atomic mass is 9.92. The quantitative estimate of drug-likeness (QED) is 0.734. The molecule has 3 fully saturated rings. The van der Waals surface area contributed by atoms with Gasteiger partial charge in [0.05, 0.1) is 10.6 Å². The summed E-state index contributed by atoms with van der Waals surface area (Å²) in [6, 6.07) is 8.19. The molecule has 170 valence electrons. The Balaban J connectivity index is 1.26. The van der Waals surface area contributed by atoms with Crippen LogP contribution >= 0.6 is 23.1 Å². The average molecular weight is 473 g/mol. The van der Waals surface area contributed by atoms with Gasteiger partial charge in [-0.1, -0.05) is 18.2 Å². The number of amides is 3. The number of carbonyl (C=O) groups is 3. The number of thioether (sulfide) groups is 1. The monoisotopic (exact) mass is 472 g/mol. The van der Waals surface area contributed by atoms with Crippen LogP contribution < -0.4 is 5.73 Å². The topological polar surface area (TPSA) is 87.0 Å². The van der Waals surface area contributed by atoms with Gasteiger partial charge in [0.2, 0.25) is 5.91 Å². The lowest BCUT2D eigenvalue weighted by molar-refractivity contribution is -0.131. The van der Waals surface area contributed by atoms with E-state index in [1.54, 1.807) is 0 Å². The number of hydrogen-bond acceptors (Lipinski definition) is 7. The number of anilines is 1. The summed E-state index contributed by atoms with van der Waals surface area (Å²) in [5.41, 5.74) is 6.85. The largest absolute Gasteiger partial charge is 0.390 e. The second-order valence-electron chi connectivity index (χ2n) is 8.85. The van der Waals surface area contributed by atoms with Crippen LogP contribution in [0.2, 0.25) is 0 Å². The number of benzene rings is 1. The molecule has 3 aliphatic rings. The summed E-state index contributed by atoms with van der Waals surface area (Å²) in [7, 11) is 0. The van der Waals surface area contributed by atoms with Gasteiger partial charge in [0.1, 0.15) is 4.75 Å². The molecular formula is C23H28N4O3S2. The molecule has 0 aliphatic carbocycles. The van der Waals surface area contributed by atoms with Gasteiger partial charge in [-0.05, 0) is 57.0 Å². The Morgan fingerprint density at radius 2 is 1.94 bits per heavy atom. The molecule has 1 aromatic carbocycles. The Morgan fingerprint density at radius 3 is 2.66 bits per heavy atom. The molecule has 0 bridgehead atoms. The van der Waals surface area contributed by atoms with E-state index in [1.807, 2.05) is 36.1 Å². The molecule has 1 aromatic heterocycles. The molecule has 1 spiro atoms. The SMILES string of the molecule is CCN1C(=O)SC2(CCCN(C3CCN(C(=O)c4c(N)sc5ccccc45)CC3)C2)C1=O. The number of rotatable bonds is 3. The summed E-state index contributed by atoms with van der Waals surface area (Å²) in [5, 5.41) is 1.40. The van der Waals surface area contributed by atoms with Gasteiger partial charge < -0.3 is 10.6 Å². The Labute approximate surface area is 195 Å². The summed E-state index contributed by atoms with van der Waals surface area (Å²) in [6.07, 6.45) is 3.42. The van der Waals surface area contributed by atoms with Gasteiger partial charge in [-0.15, -0.1) is 11.3 Å². The van der Waals surface area contributed by atoms with Crippen LogP contribution in [-0.2, 0) is 4.79 Å². The lowest BCUT2D eigenvalue weighted by Crippen LogP contribution is -2.56. The van der Waals surface area contributed by atoms with E-state index >= 15 is 0 Å². The second kappa shape index (κ2) is 8.35. The van der Waals surface area contributed by atoms with Gasteiger partial charge in [0.15, 0.2) is 0 Å². The maximum Gasteiger partial charge on any atom is 0.289 e. The Bertz CT molecular complexity index is 1080. The van der Waals surface area contributed by atoms with E-state index in [1.165, 1.54) is 28.0 Å². The first kappa shape index (κ1) is 21.7. The first-order valence-corrected chi connectivity index (χ1v) is 12.9. The third-order valence-electron chi connectivity index (χ3n) is 7.04. The molecule has 9 heteroatoms. The van der Waals surface area contributed by atoms with Crippen molar-refractivity contribution < 1.29 is 14.4 Å². The highest BCUT2D eigenvalue weighted by Gasteiger charge is 2.54. The van der Waals surface area contributed by atoms with E-state index in [-0.39, 0.29) is 17.1 Å². The number of carbonyl (C=O) groups excluding carboxylic acids is 3. The minimum absolute atomic E-state index is 0.0132. The summed E-state index contributed by atoms with van der Waals surface area (Å²) >= 11 is 2.69. The number of nitrogen functional groups attached to an aromatic ring is 1. The molecule has 1 atom stereocenters. The van der Waals surface area contributed by atoms with Crippen LogP contribution in [0.5, 0.6) is 0 Å². The molecule has 0 saturated carbocycles. The number of nitrogens with zero attached hydrogens (tertiary/aromatic N) is 3. The zero-order chi connectivity index (χ0) is 22.5. The molecule has 4 heterocycles. The van der Waals surface area contributed by atoms with Crippen molar-refractivity contribution in [2.45, 2.75) is 43.4 Å². The van der Waals surface area contributed by atoms with Crippen LogP contribution in [0.3, 0.4) is 0 Å². The van der Waals surface area contributed by atoms with E-state index in [0.29, 0.717) is 42.8 Å². The van der Waals surface area contributed by atoms with Crippen molar-refractivity contribution >= 4 is 55.2 Å². The fourth-order valence-electron chi connectivity index (χ4n) is 5.37. The van der Waals surface area contributed by atoms with E-state index in [9.17, 15) is 14.4 Å². The highest BCUT2D eigenvalue weighted by Crippen LogP contribution is 2.44. The summed E-state index contributed by atoms with van der Waals surface area (Å²) < 4.78 is 0.416. The van der Waals surface area contributed by atoms with Crippen LogP contribution in [0.15, 0.2) is 24.3 Å². The van der Waals surface area contributed by atoms with Crippen molar-refractivity contribution in [2.24, 2.45) is 0 Å². The Kier molecular flexibility index (Phi) is 5.67. The molecule has 7 nitrogen and oxygen atoms in total. The standard InChI is InChI=1S/C23H28N4O3S2/c1-2-27-21(29)23(32-22(27)30)10-5-11-26(14-23)15-8-12-25(13-9-15)20(28)18-16-6-3-4-7-17(16)31-19(18)24/h3-4,6-7,15H,2,5,8-14,24H2,1H3. The average Bonchev–Trinajstić information content (AvgIpc) is 3.25. The summed E-state index contributed by atoms with van der Waals surface area (Å²) in [4.78, 5) is 44.3. The van der Waals surface area contributed by atoms with Gasteiger partial charge in [0, 0.05) is 42.3 Å². The third kappa shape index (κ3) is 3.50. The molecule has 5 rings (SSSR count). The van der Waals surface area contributed by atoms with Crippen molar-refractivity contribution in [2.75, 3.05) is 38.5 Å². The van der Waals surface area contributed by atoms with E-state index in [2.05, 4.69) is 4.90 Å². The number of hydrogen-bond donors (Lipinski definition) is 1. The molecule has 2 aromatic rings. The molecule has 1 unspecified atom stereocenters. The van der Waals surface area contributed by atoms with Crippen LogP contribution in [0.4, 0.5) is 9.80 Å². The van der Waals surface area contributed by atoms with Gasteiger partial charge >= 0.3 is 0 Å². The molecule has 32 heavy (non-hydrogen) atoms. The van der Waals surface area contributed by atoms with Gasteiger partial charge in [-0.25, -0.2) is 0 Å². The van der Waals surface area contributed by atoms with Crippen molar-refractivity contribution in [1.82, 2.24) is 14.7 Å². The minimum atomic E-state index is -0.623. The predicted molar refractivity (Wildman–Crippen MR) is 129 cm³/mol. The van der Waals surface area contributed by atoms with Crippen LogP contribution in [0, 0.1) is 0 Å². The van der Waals surface area contributed by atoms with Crippen LogP contribution in [0.1, 0.15) is 43.0 Å². The predicted octanol–water partition coefficient (Wildman–Crippen LogP) is 3.64. The van der Waals surface area contributed by atoms with E-state index in [0.717, 1.165) is 42.3 Å². The normalized spacial score (nSPS) is 25.4. The van der Waals surface area contributed by atoms with Crippen molar-refractivity contribution in [3.8, 4) is 0 Å². The van der Waals surface area contributed by atoms with E-state index in [4.69, 9.17) is 5.73 Å². The molecular weight excluding hydrogens is 444 g/mol. The molecule has 3 aliphatic heterocycles. The highest BCUT2D eigenvalue weighted by atomic mass is 32.2.